The topological polar surface area (TPSA) is 87.2 Å². The first-order valence-electron chi connectivity index (χ1n) is 8.73. The van der Waals surface area contributed by atoms with E-state index in [4.69, 9.17) is 0 Å². The lowest BCUT2D eigenvalue weighted by Crippen LogP contribution is -2.15. The molecule has 0 bridgehead atoms. The van der Waals surface area contributed by atoms with Crippen molar-refractivity contribution in [3.05, 3.63) is 71.9 Å². The second-order valence-corrected chi connectivity index (χ2v) is 6.46. The number of nitrogens with one attached hydrogen (secondary N) is 2. The van der Waals surface area contributed by atoms with Gasteiger partial charge in [-0.1, -0.05) is 12.1 Å². The second-order valence-electron chi connectivity index (χ2n) is 6.46. The van der Waals surface area contributed by atoms with E-state index in [9.17, 15) is 9.59 Å². The fraction of sp³-hybridized carbons (Fsp3) is 0.143. The summed E-state index contributed by atoms with van der Waals surface area (Å²) < 4.78 is 0. The Balaban J connectivity index is 1.65. The predicted molar refractivity (Wildman–Crippen MR) is 110 cm³/mol. The van der Waals surface area contributed by atoms with Crippen molar-refractivity contribution >= 4 is 34.6 Å². The van der Waals surface area contributed by atoms with Gasteiger partial charge in [0.05, 0.1) is 0 Å². The molecule has 0 radical (unpaired) electrons. The zero-order valence-corrected chi connectivity index (χ0v) is 15.9. The van der Waals surface area contributed by atoms with Gasteiger partial charge in [-0.2, -0.15) is 0 Å². The van der Waals surface area contributed by atoms with Crippen LogP contribution in [-0.2, 0) is 0 Å². The molecule has 0 aliphatic carbocycles. The van der Waals surface area contributed by atoms with Crippen molar-refractivity contribution in [1.82, 2.24) is 10.2 Å². The summed E-state index contributed by atoms with van der Waals surface area (Å²) in [5.41, 5.74) is 3.26. The number of ketones is 1. The lowest BCUT2D eigenvalue weighted by atomic mass is 10.1. The van der Waals surface area contributed by atoms with Gasteiger partial charge in [-0.05, 0) is 55.5 Å². The molecule has 0 unspecified atom stereocenters. The van der Waals surface area contributed by atoms with Gasteiger partial charge in [0.25, 0.3) is 5.91 Å². The van der Waals surface area contributed by atoms with Crippen LogP contribution < -0.4 is 15.5 Å². The molecular formula is C21H21N5O2. The average molecular weight is 375 g/mol. The van der Waals surface area contributed by atoms with Crippen LogP contribution in [0.1, 0.15) is 27.8 Å². The van der Waals surface area contributed by atoms with Crippen molar-refractivity contribution in [1.29, 1.82) is 0 Å². The lowest BCUT2D eigenvalue weighted by Gasteiger charge is -2.13. The van der Waals surface area contributed by atoms with Gasteiger partial charge in [0.15, 0.2) is 17.3 Å². The van der Waals surface area contributed by atoms with Crippen LogP contribution in [0.15, 0.2) is 60.7 Å². The number of aromatic nitrogens is 2. The van der Waals surface area contributed by atoms with Crippen LogP contribution in [0.25, 0.3) is 0 Å². The number of amides is 1. The highest BCUT2D eigenvalue weighted by Gasteiger charge is 2.09. The minimum absolute atomic E-state index is 0.0135. The van der Waals surface area contributed by atoms with E-state index in [0.29, 0.717) is 17.1 Å². The van der Waals surface area contributed by atoms with Crippen molar-refractivity contribution in [2.45, 2.75) is 6.92 Å². The van der Waals surface area contributed by atoms with E-state index in [0.717, 1.165) is 11.4 Å². The van der Waals surface area contributed by atoms with Crippen LogP contribution >= 0.6 is 0 Å². The van der Waals surface area contributed by atoms with Gasteiger partial charge in [0.1, 0.15) is 0 Å². The fourth-order valence-electron chi connectivity index (χ4n) is 2.52. The molecule has 142 valence electrons. The Hall–Kier alpha value is -3.74. The third kappa shape index (κ3) is 4.70. The highest BCUT2D eigenvalue weighted by Crippen LogP contribution is 2.18. The lowest BCUT2D eigenvalue weighted by molar-refractivity contribution is 0.101. The molecule has 0 fully saturated rings. The number of benzene rings is 2. The van der Waals surface area contributed by atoms with Crippen molar-refractivity contribution in [2.75, 3.05) is 29.6 Å². The maximum Gasteiger partial charge on any atom is 0.276 e. The van der Waals surface area contributed by atoms with E-state index >= 15 is 0 Å². The molecule has 0 atom stereocenters. The molecule has 0 aliphatic heterocycles. The maximum atomic E-state index is 12.3. The van der Waals surface area contributed by atoms with Gasteiger partial charge < -0.3 is 15.5 Å². The first kappa shape index (κ1) is 19.0. The van der Waals surface area contributed by atoms with E-state index in [-0.39, 0.29) is 17.4 Å². The standard InChI is InChI=1S/C21H21N5O2/c1-14(27)15-5-4-6-17(13-15)22-20-12-11-19(24-25-20)21(28)23-16-7-9-18(10-8-16)26(2)3/h4-13H,1-3H3,(H,22,25)(H,23,28). The third-order valence-electron chi connectivity index (χ3n) is 4.08. The van der Waals surface area contributed by atoms with Crippen LogP contribution in [0.2, 0.25) is 0 Å². The van der Waals surface area contributed by atoms with Crippen molar-refractivity contribution in [2.24, 2.45) is 0 Å². The number of carbonyl (C=O) groups excluding carboxylic acids is 2. The summed E-state index contributed by atoms with van der Waals surface area (Å²) in [4.78, 5) is 25.8. The minimum atomic E-state index is -0.338. The average Bonchev–Trinajstić information content (AvgIpc) is 2.69. The summed E-state index contributed by atoms with van der Waals surface area (Å²) in [5, 5.41) is 13.9. The number of carbonyl (C=O) groups is 2. The molecule has 1 heterocycles. The molecule has 1 aromatic heterocycles. The van der Waals surface area contributed by atoms with Crippen LogP contribution in [0, 0.1) is 0 Å². The SMILES string of the molecule is CC(=O)c1cccc(Nc2ccc(C(=O)Nc3ccc(N(C)C)cc3)nn2)c1. The Bertz CT molecular complexity index is 982. The molecular weight excluding hydrogens is 354 g/mol. The number of Topliss-reactive ketones (excluding diaryl/α,β-unsaturated/α-hetero) is 1. The molecule has 28 heavy (non-hydrogen) atoms. The van der Waals surface area contributed by atoms with Gasteiger partial charge in [0.2, 0.25) is 0 Å². The number of hydrogen-bond acceptors (Lipinski definition) is 6. The van der Waals surface area contributed by atoms with Gasteiger partial charge in [-0.15, -0.1) is 10.2 Å². The fourth-order valence-corrected chi connectivity index (χ4v) is 2.52. The molecule has 3 rings (SSSR count). The van der Waals surface area contributed by atoms with E-state index in [1.807, 2.05) is 49.3 Å². The van der Waals surface area contributed by atoms with Crippen molar-refractivity contribution in [3.8, 4) is 0 Å². The zero-order chi connectivity index (χ0) is 20.1. The Morgan fingerprint density at radius 2 is 1.64 bits per heavy atom. The minimum Gasteiger partial charge on any atom is -0.378 e. The Kier molecular flexibility index (Phi) is 5.64. The molecule has 2 aromatic carbocycles. The normalized spacial score (nSPS) is 10.2. The summed E-state index contributed by atoms with van der Waals surface area (Å²) in [6.07, 6.45) is 0. The number of nitrogens with zero attached hydrogens (tertiary/aromatic N) is 3. The Morgan fingerprint density at radius 1 is 0.893 bits per heavy atom. The Labute approximate surface area is 163 Å². The molecule has 0 aliphatic rings. The van der Waals surface area contributed by atoms with E-state index < -0.39 is 0 Å². The highest BCUT2D eigenvalue weighted by atomic mass is 16.2. The molecule has 7 nitrogen and oxygen atoms in total. The molecule has 2 N–H and O–H groups in total. The van der Waals surface area contributed by atoms with Crippen LogP contribution in [0.3, 0.4) is 0 Å². The maximum absolute atomic E-state index is 12.3. The van der Waals surface area contributed by atoms with E-state index in [1.165, 1.54) is 6.92 Å². The molecule has 3 aromatic rings. The highest BCUT2D eigenvalue weighted by molar-refractivity contribution is 6.02. The van der Waals surface area contributed by atoms with E-state index in [1.54, 1.807) is 30.3 Å². The molecule has 0 saturated carbocycles. The molecule has 0 spiro atoms. The van der Waals surface area contributed by atoms with Crippen molar-refractivity contribution < 1.29 is 9.59 Å². The van der Waals surface area contributed by atoms with Gasteiger partial charge in [0, 0.05) is 36.7 Å². The zero-order valence-electron chi connectivity index (χ0n) is 15.9. The number of hydrogen-bond donors (Lipinski definition) is 2. The summed E-state index contributed by atoms with van der Waals surface area (Å²) in [6, 6.07) is 17.9. The van der Waals surface area contributed by atoms with Gasteiger partial charge in [-0.25, -0.2) is 0 Å². The third-order valence-corrected chi connectivity index (χ3v) is 4.08. The molecule has 7 heteroatoms. The van der Waals surface area contributed by atoms with Gasteiger partial charge in [-0.3, -0.25) is 9.59 Å². The summed E-state index contributed by atoms with van der Waals surface area (Å²) >= 11 is 0. The summed E-state index contributed by atoms with van der Waals surface area (Å²) in [6.45, 7) is 1.51. The number of rotatable bonds is 6. The van der Waals surface area contributed by atoms with Gasteiger partial charge >= 0.3 is 0 Å². The van der Waals surface area contributed by atoms with Crippen LogP contribution in [-0.4, -0.2) is 36.0 Å². The summed E-state index contributed by atoms with van der Waals surface area (Å²) in [7, 11) is 3.91. The van der Waals surface area contributed by atoms with Crippen LogP contribution in [0.5, 0.6) is 0 Å². The predicted octanol–water partition coefficient (Wildman–Crippen LogP) is 3.74. The quantitative estimate of drug-likeness (QED) is 0.638. The second kappa shape index (κ2) is 8.30. The smallest absolute Gasteiger partial charge is 0.276 e. The number of anilines is 4. The first-order chi connectivity index (χ1) is 13.4. The largest absolute Gasteiger partial charge is 0.378 e. The molecule has 0 saturated heterocycles. The monoisotopic (exact) mass is 375 g/mol. The summed E-state index contributed by atoms with van der Waals surface area (Å²) in [5.74, 6) is 0.128. The van der Waals surface area contributed by atoms with Crippen LogP contribution in [0.4, 0.5) is 22.9 Å². The van der Waals surface area contributed by atoms with E-state index in [2.05, 4.69) is 20.8 Å². The van der Waals surface area contributed by atoms with Crippen molar-refractivity contribution in [3.63, 3.8) is 0 Å². The molecule has 1 amide bonds. The first-order valence-corrected chi connectivity index (χ1v) is 8.73. The Morgan fingerprint density at radius 3 is 2.25 bits per heavy atom.